The van der Waals surface area contributed by atoms with Crippen LogP contribution < -0.4 is 9.46 Å². The average Bonchev–Trinajstić information content (AvgIpc) is 3.31. The number of aryl methyl sites for hydroxylation is 1. The van der Waals surface area contributed by atoms with E-state index in [1.54, 1.807) is 48.8 Å². The molecule has 8 nitrogen and oxygen atoms in total. The largest absolute Gasteiger partial charge is 0.438 e. The molecule has 0 radical (unpaired) electrons. The van der Waals surface area contributed by atoms with Gasteiger partial charge in [-0.3, -0.25) is 9.29 Å². The van der Waals surface area contributed by atoms with Gasteiger partial charge < -0.3 is 4.74 Å². The first-order valence-corrected chi connectivity index (χ1v) is 11.4. The van der Waals surface area contributed by atoms with Gasteiger partial charge in [0.1, 0.15) is 16.3 Å². The first-order chi connectivity index (χ1) is 14.3. The minimum atomic E-state index is -3.68. The molecule has 30 heavy (non-hydrogen) atoms. The summed E-state index contributed by atoms with van der Waals surface area (Å²) in [5.74, 6) is 1.45. The third-order valence-corrected chi connectivity index (χ3v) is 7.37. The van der Waals surface area contributed by atoms with E-state index < -0.39 is 10.0 Å². The maximum absolute atomic E-state index is 12.3. The third-order valence-electron chi connectivity index (χ3n) is 4.27. The predicted molar refractivity (Wildman–Crippen MR) is 115 cm³/mol. The van der Waals surface area contributed by atoms with Crippen LogP contribution in [0.1, 0.15) is 11.4 Å². The van der Waals surface area contributed by atoms with Gasteiger partial charge in [-0.15, -0.1) is 21.5 Å². The van der Waals surface area contributed by atoms with Crippen LogP contribution in [-0.4, -0.2) is 28.2 Å². The van der Waals surface area contributed by atoms with Gasteiger partial charge in [-0.1, -0.05) is 11.6 Å². The Balaban J connectivity index is 1.44. The maximum Gasteiger partial charge on any atom is 0.271 e. The van der Waals surface area contributed by atoms with Gasteiger partial charge in [0.05, 0.1) is 10.0 Å². The predicted octanol–water partition coefficient (Wildman–Crippen LogP) is 4.59. The summed E-state index contributed by atoms with van der Waals surface area (Å²) in [5, 5.41) is 8.25. The summed E-state index contributed by atoms with van der Waals surface area (Å²) >= 11 is 6.80. The molecule has 0 aliphatic rings. The molecule has 3 aromatic heterocycles. The quantitative estimate of drug-likeness (QED) is 0.451. The van der Waals surface area contributed by atoms with E-state index in [1.807, 2.05) is 18.4 Å². The molecule has 0 aliphatic carbocycles. The van der Waals surface area contributed by atoms with E-state index in [0.717, 1.165) is 22.7 Å². The zero-order chi connectivity index (χ0) is 21.3. The van der Waals surface area contributed by atoms with Gasteiger partial charge in [-0.2, -0.15) is 0 Å². The van der Waals surface area contributed by atoms with Gasteiger partial charge in [0.2, 0.25) is 5.88 Å². The molecule has 4 aromatic rings. The second-order valence-corrected chi connectivity index (χ2v) is 9.93. The van der Waals surface area contributed by atoms with Crippen molar-refractivity contribution in [2.75, 3.05) is 4.72 Å². The minimum absolute atomic E-state index is 0.145. The SMILES string of the molecule is Cc1ncn(-c2ccc(Oc3ccc(NS(=O)(=O)c4ccc(Cl)s4)cc3)nn2)c1C. The molecule has 0 aliphatic heterocycles. The van der Waals surface area contributed by atoms with Crippen LogP contribution in [0, 0.1) is 13.8 Å². The molecular formula is C19H16ClN5O3S2. The summed E-state index contributed by atoms with van der Waals surface area (Å²) in [5.41, 5.74) is 2.31. The Hall–Kier alpha value is -2.95. The van der Waals surface area contributed by atoms with E-state index in [1.165, 1.54) is 6.07 Å². The summed E-state index contributed by atoms with van der Waals surface area (Å²) in [6.07, 6.45) is 1.69. The molecule has 154 valence electrons. The van der Waals surface area contributed by atoms with Gasteiger partial charge in [0, 0.05) is 17.4 Å². The molecule has 0 saturated carbocycles. The van der Waals surface area contributed by atoms with Crippen LogP contribution in [0.2, 0.25) is 4.34 Å². The number of aromatic nitrogens is 4. The number of hydrogen-bond acceptors (Lipinski definition) is 7. The molecule has 11 heteroatoms. The molecule has 0 fully saturated rings. The van der Waals surface area contributed by atoms with Crippen LogP contribution in [0.15, 0.2) is 59.1 Å². The van der Waals surface area contributed by atoms with Crippen molar-refractivity contribution in [3.8, 4) is 17.4 Å². The van der Waals surface area contributed by atoms with Gasteiger partial charge in [0.15, 0.2) is 5.82 Å². The van der Waals surface area contributed by atoms with Crippen LogP contribution in [0.5, 0.6) is 11.6 Å². The molecule has 3 heterocycles. The fourth-order valence-electron chi connectivity index (χ4n) is 2.58. The average molecular weight is 462 g/mol. The third kappa shape index (κ3) is 4.30. The van der Waals surface area contributed by atoms with Crippen molar-refractivity contribution < 1.29 is 13.2 Å². The highest BCUT2D eigenvalue weighted by molar-refractivity contribution is 7.94. The highest BCUT2D eigenvalue weighted by Gasteiger charge is 2.16. The Labute approximate surface area is 182 Å². The fraction of sp³-hybridized carbons (Fsp3) is 0.105. The normalized spacial score (nSPS) is 11.4. The van der Waals surface area contributed by atoms with Crippen molar-refractivity contribution in [1.82, 2.24) is 19.7 Å². The number of anilines is 1. The van der Waals surface area contributed by atoms with Crippen molar-refractivity contribution in [3.63, 3.8) is 0 Å². The Bertz CT molecular complexity index is 1280. The Morgan fingerprint density at radius 1 is 1.03 bits per heavy atom. The summed E-state index contributed by atoms with van der Waals surface area (Å²) in [6, 6.07) is 13.0. The molecular weight excluding hydrogens is 446 g/mol. The summed E-state index contributed by atoms with van der Waals surface area (Å²) < 4.78 is 35.3. The second kappa shape index (κ2) is 8.05. The van der Waals surface area contributed by atoms with Crippen LogP contribution in [0.3, 0.4) is 0 Å². The topological polar surface area (TPSA) is 99.0 Å². The molecule has 1 N–H and O–H groups in total. The molecule has 0 amide bonds. The lowest BCUT2D eigenvalue weighted by Gasteiger charge is -2.09. The van der Waals surface area contributed by atoms with E-state index in [2.05, 4.69) is 19.9 Å². The fourth-order valence-corrected chi connectivity index (χ4v) is 5.13. The standard InChI is InChI=1S/C19H16ClN5O3S2/c1-12-13(2)25(11-21-12)17-8-9-18(23-22-17)28-15-5-3-14(4-6-15)24-30(26,27)19-10-7-16(20)29-19/h3-11,24H,1-2H3. The molecule has 0 spiro atoms. The van der Waals surface area contributed by atoms with Crippen LogP contribution in [0.4, 0.5) is 5.69 Å². The zero-order valence-corrected chi connectivity index (χ0v) is 18.3. The van der Waals surface area contributed by atoms with Gasteiger partial charge in [-0.05, 0) is 56.3 Å². The first kappa shape index (κ1) is 20.3. The van der Waals surface area contributed by atoms with E-state index in [4.69, 9.17) is 16.3 Å². The molecule has 0 atom stereocenters. The Kier molecular flexibility index (Phi) is 5.46. The van der Waals surface area contributed by atoms with E-state index >= 15 is 0 Å². The molecule has 0 unspecified atom stereocenters. The number of rotatable bonds is 6. The monoisotopic (exact) mass is 461 g/mol. The number of halogens is 1. The summed E-state index contributed by atoms with van der Waals surface area (Å²) in [7, 11) is -3.68. The Morgan fingerprint density at radius 3 is 2.37 bits per heavy atom. The van der Waals surface area contributed by atoms with Crippen molar-refractivity contribution in [2.45, 2.75) is 18.1 Å². The molecule has 0 saturated heterocycles. The number of hydrogen-bond donors (Lipinski definition) is 1. The molecule has 0 bridgehead atoms. The Morgan fingerprint density at radius 2 is 1.80 bits per heavy atom. The maximum atomic E-state index is 12.3. The zero-order valence-electron chi connectivity index (χ0n) is 15.9. The lowest BCUT2D eigenvalue weighted by atomic mass is 10.3. The number of ether oxygens (including phenoxy) is 1. The van der Waals surface area contributed by atoms with E-state index in [9.17, 15) is 8.42 Å². The lowest BCUT2D eigenvalue weighted by molar-refractivity contribution is 0.454. The number of benzene rings is 1. The van der Waals surface area contributed by atoms with Crippen molar-refractivity contribution in [1.29, 1.82) is 0 Å². The lowest BCUT2D eigenvalue weighted by Crippen LogP contribution is -2.11. The highest BCUT2D eigenvalue weighted by atomic mass is 35.5. The summed E-state index contributed by atoms with van der Waals surface area (Å²) in [6.45, 7) is 3.88. The van der Waals surface area contributed by atoms with Crippen molar-refractivity contribution in [3.05, 3.63) is 70.6 Å². The second-order valence-electron chi connectivity index (χ2n) is 6.31. The van der Waals surface area contributed by atoms with Crippen molar-refractivity contribution in [2.24, 2.45) is 0 Å². The van der Waals surface area contributed by atoms with Crippen LogP contribution in [0.25, 0.3) is 5.82 Å². The van der Waals surface area contributed by atoms with Gasteiger partial charge in [0.25, 0.3) is 10.0 Å². The van der Waals surface area contributed by atoms with E-state index in [-0.39, 0.29) is 4.21 Å². The van der Waals surface area contributed by atoms with Gasteiger partial charge >= 0.3 is 0 Å². The number of nitrogens with one attached hydrogen (secondary N) is 1. The van der Waals surface area contributed by atoms with Gasteiger partial charge in [-0.25, -0.2) is 13.4 Å². The number of imidazole rings is 1. The number of nitrogens with zero attached hydrogens (tertiary/aromatic N) is 4. The number of sulfonamides is 1. The van der Waals surface area contributed by atoms with Crippen LogP contribution >= 0.6 is 22.9 Å². The summed E-state index contributed by atoms with van der Waals surface area (Å²) in [4.78, 5) is 4.25. The molecule has 1 aromatic carbocycles. The van der Waals surface area contributed by atoms with E-state index in [0.29, 0.717) is 27.5 Å². The highest BCUT2D eigenvalue weighted by Crippen LogP contribution is 2.28. The smallest absolute Gasteiger partial charge is 0.271 e. The van der Waals surface area contributed by atoms with Crippen molar-refractivity contribution >= 4 is 38.6 Å². The minimum Gasteiger partial charge on any atom is -0.438 e. The number of thiophene rings is 1. The first-order valence-electron chi connectivity index (χ1n) is 8.72. The molecule has 4 rings (SSSR count). The van der Waals surface area contributed by atoms with Crippen LogP contribution in [-0.2, 0) is 10.0 Å².